The van der Waals surface area contributed by atoms with Crippen molar-refractivity contribution in [2.75, 3.05) is 26.7 Å². The summed E-state index contributed by atoms with van der Waals surface area (Å²) < 4.78 is 0. The summed E-state index contributed by atoms with van der Waals surface area (Å²) in [5.74, 6) is -0.739. The molecule has 0 bridgehead atoms. The van der Waals surface area contributed by atoms with E-state index in [1.165, 1.54) is 4.90 Å². The fourth-order valence-electron chi connectivity index (χ4n) is 2.59. The number of nitrogens with one attached hydrogen (secondary N) is 1. The van der Waals surface area contributed by atoms with Gasteiger partial charge < -0.3 is 15.3 Å². The Kier molecular flexibility index (Phi) is 3.75. The van der Waals surface area contributed by atoms with Gasteiger partial charge in [-0.15, -0.1) is 0 Å². The first kappa shape index (κ1) is 13.8. The first-order chi connectivity index (χ1) is 8.91. The van der Waals surface area contributed by atoms with Crippen LogP contribution < -0.4 is 5.32 Å². The topological polar surface area (TPSA) is 89.9 Å². The van der Waals surface area contributed by atoms with Gasteiger partial charge in [0.05, 0.1) is 12.1 Å². The van der Waals surface area contributed by atoms with E-state index < -0.39 is 17.5 Å². The van der Waals surface area contributed by atoms with E-state index in [9.17, 15) is 19.5 Å². The Morgan fingerprint density at radius 1 is 1.42 bits per heavy atom. The van der Waals surface area contributed by atoms with Crippen LogP contribution in [0.4, 0.5) is 4.79 Å². The monoisotopic (exact) mass is 269 g/mol. The summed E-state index contributed by atoms with van der Waals surface area (Å²) >= 11 is 0. The van der Waals surface area contributed by atoms with E-state index in [1.807, 2.05) is 0 Å². The normalized spacial score (nSPS) is 21.7. The van der Waals surface area contributed by atoms with Crippen molar-refractivity contribution < 1.29 is 19.5 Å². The molecule has 1 heterocycles. The molecule has 0 atom stereocenters. The molecular weight excluding hydrogens is 250 g/mol. The maximum absolute atomic E-state index is 12.0. The highest BCUT2D eigenvalue weighted by molar-refractivity contribution is 6.04. The summed E-state index contributed by atoms with van der Waals surface area (Å²) in [5, 5.41) is 12.6. The number of imide groups is 1. The maximum Gasteiger partial charge on any atom is 0.325 e. The minimum atomic E-state index is -0.818. The Hall–Kier alpha value is -1.63. The van der Waals surface area contributed by atoms with Crippen molar-refractivity contribution in [3.05, 3.63) is 0 Å². The lowest BCUT2D eigenvalue weighted by Gasteiger charge is -2.29. The summed E-state index contributed by atoms with van der Waals surface area (Å²) in [5.41, 5.74) is -0.818. The summed E-state index contributed by atoms with van der Waals surface area (Å²) in [4.78, 5) is 37.0. The number of amides is 4. The number of nitrogens with zero attached hydrogens (tertiary/aromatic N) is 2. The second-order valence-corrected chi connectivity index (χ2v) is 5.32. The van der Waals surface area contributed by atoms with E-state index >= 15 is 0 Å². The smallest absolute Gasteiger partial charge is 0.325 e. The molecule has 2 N–H and O–H groups in total. The van der Waals surface area contributed by atoms with Crippen molar-refractivity contribution in [3.8, 4) is 0 Å². The fourth-order valence-corrected chi connectivity index (χ4v) is 2.59. The van der Waals surface area contributed by atoms with Gasteiger partial charge in [0.25, 0.3) is 5.91 Å². The van der Waals surface area contributed by atoms with Crippen LogP contribution in [0, 0.1) is 0 Å². The van der Waals surface area contributed by atoms with Crippen molar-refractivity contribution in [1.82, 2.24) is 15.1 Å². The van der Waals surface area contributed by atoms with Gasteiger partial charge in [-0.1, -0.05) is 12.8 Å². The maximum atomic E-state index is 12.0. The highest BCUT2D eigenvalue weighted by Gasteiger charge is 2.35. The molecule has 4 amide bonds. The second kappa shape index (κ2) is 5.16. The number of hydrogen-bond donors (Lipinski definition) is 2. The van der Waals surface area contributed by atoms with Gasteiger partial charge in [0.15, 0.2) is 0 Å². The molecule has 7 heteroatoms. The average molecular weight is 269 g/mol. The molecule has 0 spiro atoms. The molecule has 1 saturated carbocycles. The minimum Gasteiger partial charge on any atom is -0.388 e. The number of likely N-dealkylation sites (N-methyl/N-ethyl adjacent to an activating group) is 1. The predicted octanol–water partition coefficient (Wildman–Crippen LogP) is -0.698. The van der Waals surface area contributed by atoms with Gasteiger partial charge in [0.1, 0.15) is 6.54 Å². The molecule has 7 nitrogen and oxygen atoms in total. The Morgan fingerprint density at radius 3 is 2.58 bits per heavy atom. The molecular formula is C12H19N3O4. The van der Waals surface area contributed by atoms with Crippen LogP contribution in [0.25, 0.3) is 0 Å². The lowest BCUT2D eigenvalue weighted by Crippen LogP contribution is -2.47. The molecule has 2 aliphatic rings. The molecule has 0 aromatic rings. The third-order valence-corrected chi connectivity index (χ3v) is 3.72. The molecule has 19 heavy (non-hydrogen) atoms. The van der Waals surface area contributed by atoms with Crippen molar-refractivity contribution in [1.29, 1.82) is 0 Å². The zero-order valence-corrected chi connectivity index (χ0v) is 11.0. The van der Waals surface area contributed by atoms with Gasteiger partial charge in [-0.25, -0.2) is 4.79 Å². The lowest BCUT2D eigenvalue weighted by molar-refractivity contribution is -0.137. The van der Waals surface area contributed by atoms with E-state index in [1.54, 1.807) is 7.05 Å². The van der Waals surface area contributed by atoms with Crippen molar-refractivity contribution in [3.63, 3.8) is 0 Å². The van der Waals surface area contributed by atoms with Gasteiger partial charge in [0, 0.05) is 13.6 Å². The van der Waals surface area contributed by atoms with Crippen LogP contribution in [0.3, 0.4) is 0 Å². The zero-order chi connectivity index (χ0) is 14.0. The zero-order valence-electron chi connectivity index (χ0n) is 11.0. The summed E-state index contributed by atoms with van der Waals surface area (Å²) in [6.07, 6.45) is 3.30. The number of rotatable bonds is 4. The number of carbonyl (C=O) groups is 3. The minimum absolute atomic E-state index is 0.0558. The standard InChI is InChI=1S/C12H19N3O4/c1-14(8-12(19)4-2-3-5-12)10(17)7-15-9(16)6-13-11(15)18/h19H,2-8H2,1H3,(H,13,18). The van der Waals surface area contributed by atoms with Gasteiger partial charge in [-0.05, 0) is 12.8 Å². The van der Waals surface area contributed by atoms with E-state index in [0.717, 1.165) is 17.7 Å². The molecule has 0 aromatic carbocycles. The number of hydrogen-bond acceptors (Lipinski definition) is 4. The average Bonchev–Trinajstić information content (AvgIpc) is 2.90. The van der Waals surface area contributed by atoms with Crippen molar-refractivity contribution in [2.45, 2.75) is 31.3 Å². The molecule has 0 radical (unpaired) electrons. The molecule has 1 aliphatic heterocycles. The Balaban J connectivity index is 1.89. The second-order valence-electron chi connectivity index (χ2n) is 5.32. The highest BCUT2D eigenvalue weighted by Crippen LogP contribution is 2.29. The van der Waals surface area contributed by atoms with Gasteiger partial charge in [-0.3, -0.25) is 14.5 Å². The van der Waals surface area contributed by atoms with E-state index in [0.29, 0.717) is 12.8 Å². The summed E-state index contributed by atoms with van der Waals surface area (Å²) in [6, 6.07) is -0.536. The van der Waals surface area contributed by atoms with Crippen LogP contribution in [0.5, 0.6) is 0 Å². The van der Waals surface area contributed by atoms with E-state index in [4.69, 9.17) is 0 Å². The predicted molar refractivity (Wildman–Crippen MR) is 66.2 cm³/mol. The van der Waals surface area contributed by atoms with Crippen LogP contribution >= 0.6 is 0 Å². The quantitative estimate of drug-likeness (QED) is 0.660. The Bertz CT molecular complexity index is 388. The largest absolute Gasteiger partial charge is 0.388 e. The molecule has 1 saturated heterocycles. The molecule has 1 aliphatic carbocycles. The van der Waals surface area contributed by atoms with Gasteiger partial charge >= 0.3 is 6.03 Å². The summed E-state index contributed by atoms with van der Waals surface area (Å²) in [6.45, 7) is -0.0769. The van der Waals surface area contributed by atoms with Crippen LogP contribution in [0.1, 0.15) is 25.7 Å². The van der Waals surface area contributed by atoms with E-state index in [-0.39, 0.29) is 25.5 Å². The molecule has 2 fully saturated rings. The summed E-state index contributed by atoms with van der Waals surface area (Å²) in [7, 11) is 1.58. The molecule has 106 valence electrons. The Labute approximate surface area is 111 Å². The van der Waals surface area contributed by atoms with Crippen LogP contribution in [0.15, 0.2) is 0 Å². The van der Waals surface area contributed by atoms with Crippen molar-refractivity contribution in [2.24, 2.45) is 0 Å². The SMILES string of the molecule is CN(CC1(O)CCCC1)C(=O)CN1C(=O)CNC1=O. The fraction of sp³-hybridized carbons (Fsp3) is 0.750. The third kappa shape index (κ3) is 3.04. The third-order valence-electron chi connectivity index (χ3n) is 3.72. The first-order valence-electron chi connectivity index (χ1n) is 6.46. The lowest BCUT2D eigenvalue weighted by atomic mass is 10.0. The number of urea groups is 1. The number of carbonyl (C=O) groups excluding carboxylic acids is 3. The molecule has 0 unspecified atom stereocenters. The Morgan fingerprint density at radius 2 is 2.05 bits per heavy atom. The van der Waals surface area contributed by atoms with Crippen LogP contribution in [0.2, 0.25) is 0 Å². The highest BCUT2D eigenvalue weighted by atomic mass is 16.3. The molecule has 0 aromatic heterocycles. The van der Waals surface area contributed by atoms with Crippen LogP contribution in [-0.2, 0) is 9.59 Å². The van der Waals surface area contributed by atoms with Crippen LogP contribution in [-0.4, -0.2) is 65.0 Å². The van der Waals surface area contributed by atoms with Crippen molar-refractivity contribution >= 4 is 17.8 Å². The molecule has 2 rings (SSSR count). The first-order valence-corrected chi connectivity index (χ1v) is 6.46. The van der Waals surface area contributed by atoms with Gasteiger partial charge in [-0.2, -0.15) is 0 Å². The van der Waals surface area contributed by atoms with E-state index in [2.05, 4.69) is 5.32 Å². The van der Waals surface area contributed by atoms with Gasteiger partial charge in [0.2, 0.25) is 5.91 Å². The number of aliphatic hydroxyl groups is 1.